The van der Waals surface area contributed by atoms with Gasteiger partial charge in [0.2, 0.25) is 0 Å². The second kappa shape index (κ2) is 5.38. The maximum atomic E-state index is 11.3. The molecule has 1 aliphatic heterocycles. The first-order chi connectivity index (χ1) is 9.21. The molecule has 1 atom stereocenters. The van der Waals surface area contributed by atoms with Crippen molar-refractivity contribution in [1.29, 1.82) is 0 Å². The van der Waals surface area contributed by atoms with E-state index in [1.807, 2.05) is 5.38 Å². The van der Waals surface area contributed by atoms with Crippen molar-refractivity contribution in [1.82, 2.24) is 15.2 Å². The van der Waals surface area contributed by atoms with Gasteiger partial charge in [-0.2, -0.15) is 0 Å². The number of rotatable bonds is 3. The normalized spacial score (nSPS) is 27.1. The van der Waals surface area contributed by atoms with E-state index in [0.717, 1.165) is 31.7 Å². The Morgan fingerprint density at radius 3 is 2.89 bits per heavy atom. The molecular formula is C14H23N3OS. The SMILES string of the molecule is CCC1CNC2(CCCC2)CN1Cc1csc(=O)[nH]1. The summed E-state index contributed by atoms with van der Waals surface area (Å²) in [4.78, 5) is 16.8. The first-order valence-electron chi connectivity index (χ1n) is 7.36. The fraction of sp³-hybridized carbons (Fsp3) is 0.786. The van der Waals surface area contributed by atoms with E-state index in [1.165, 1.54) is 37.0 Å². The number of piperazine rings is 1. The summed E-state index contributed by atoms with van der Waals surface area (Å²) in [6.45, 7) is 5.36. The van der Waals surface area contributed by atoms with Crippen LogP contribution in [-0.4, -0.2) is 34.6 Å². The Balaban J connectivity index is 1.73. The lowest BCUT2D eigenvalue weighted by atomic mass is 9.91. The van der Waals surface area contributed by atoms with Crippen molar-refractivity contribution >= 4 is 11.3 Å². The van der Waals surface area contributed by atoms with Crippen molar-refractivity contribution in [3.63, 3.8) is 0 Å². The minimum absolute atomic E-state index is 0.0637. The second-order valence-electron chi connectivity index (χ2n) is 6.01. The Morgan fingerprint density at radius 2 is 2.26 bits per heavy atom. The van der Waals surface area contributed by atoms with E-state index in [2.05, 4.69) is 22.1 Å². The van der Waals surface area contributed by atoms with E-state index >= 15 is 0 Å². The molecule has 0 radical (unpaired) electrons. The lowest BCUT2D eigenvalue weighted by Gasteiger charge is -2.46. The van der Waals surface area contributed by atoms with Gasteiger partial charge in [-0.3, -0.25) is 9.69 Å². The van der Waals surface area contributed by atoms with Crippen LogP contribution in [0.2, 0.25) is 0 Å². The first kappa shape index (κ1) is 13.3. The Kier molecular flexibility index (Phi) is 3.78. The molecule has 3 rings (SSSR count). The molecule has 0 bridgehead atoms. The molecule has 1 aromatic heterocycles. The lowest BCUT2D eigenvalue weighted by Crippen LogP contribution is -2.62. The number of hydrogen-bond donors (Lipinski definition) is 2. The standard InChI is InChI=1S/C14H23N3OS/c1-2-12-7-15-14(5-3-4-6-14)10-17(12)8-11-9-19-13(18)16-11/h9,12,15H,2-8,10H2,1H3,(H,16,18). The topological polar surface area (TPSA) is 48.1 Å². The fourth-order valence-electron chi connectivity index (χ4n) is 3.62. The van der Waals surface area contributed by atoms with E-state index in [-0.39, 0.29) is 4.87 Å². The van der Waals surface area contributed by atoms with E-state index in [1.54, 1.807) is 0 Å². The van der Waals surface area contributed by atoms with Crippen LogP contribution >= 0.6 is 11.3 Å². The average Bonchev–Trinajstić information content (AvgIpc) is 3.00. The van der Waals surface area contributed by atoms with Crippen LogP contribution in [0, 0.1) is 0 Å². The Morgan fingerprint density at radius 1 is 1.47 bits per heavy atom. The van der Waals surface area contributed by atoms with Gasteiger partial charge in [-0.25, -0.2) is 0 Å². The quantitative estimate of drug-likeness (QED) is 0.890. The van der Waals surface area contributed by atoms with Crippen molar-refractivity contribution in [2.24, 2.45) is 0 Å². The minimum atomic E-state index is 0.0637. The Hall–Kier alpha value is -0.650. The van der Waals surface area contributed by atoms with E-state index in [0.29, 0.717) is 11.6 Å². The summed E-state index contributed by atoms with van der Waals surface area (Å²) in [5, 5.41) is 5.78. The van der Waals surface area contributed by atoms with Gasteiger partial charge in [0, 0.05) is 42.3 Å². The van der Waals surface area contributed by atoms with Crippen LogP contribution in [0.4, 0.5) is 0 Å². The molecule has 1 aliphatic carbocycles. The molecule has 2 aliphatic rings. The number of hydrogen-bond acceptors (Lipinski definition) is 4. The maximum Gasteiger partial charge on any atom is 0.304 e. The van der Waals surface area contributed by atoms with E-state index in [9.17, 15) is 4.79 Å². The van der Waals surface area contributed by atoms with Crippen molar-refractivity contribution in [3.05, 3.63) is 20.7 Å². The fourth-order valence-corrected chi connectivity index (χ4v) is 4.19. The van der Waals surface area contributed by atoms with Gasteiger partial charge in [-0.05, 0) is 19.3 Å². The molecule has 19 heavy (non-hydrogen) atoms. The van der Waals surface area contributed by atoms with Gasteiger partial charge < -0.3 is 10.3 Å². The highest BCUT2D eigenvalue weighted by molar-refractivity contribution is 7.07. The molecule has 1 unspecified atom stereocenters. The third-order valence-corrected chi connectivity index (χ3v) is 5.43. The predicted octanol–water partition coefficient (Wildman–Crippen LogP) is 1.93. The molecule has 2 heterocycles. The van der Waals surface area contributed by atoms with Crippen LogP contribution in [-0.2, 0) is 6.54 Å². The highest BCUT2D eigenvalue weighted by atomic mass is 32.1. The molecule has 2 N–H and O–H groups in total. The first-order valence-corrected chi connectivity index (χ1v) is 8.24. The molecule has 5 heteroatoms. The van der Waals surface area contributed by atoms with Crippen LogP contribution < -0.4 is 10.2 Å². The molecule has 1 saturated heterocycles. The second-order valence-corrected chi connectivity index (χ2v) is 6.85. The summed E-state index contributed by atoms with van der Waals surface area (Å²) in [7, 11) is 0. The van der Waals surface area contributed by atoms with Crippen LogP contribution in [0.15, 0.2) is 10.2 Å². The van der Waals surface area contributed by atoms with Crippen molar-refractivity contribution in [2.75, 3.05) is 13.1 Å². The summed E-state index contributed by atoms with van der Waals surface area (Å²) in [6.07, 6.45) is 6.48. The number of thiazole rings is 1. The Bertz CT molecular complexity index is 475. The smallest absolute Gasteiger partial charge is 0.304 e. The summed E-state index contributed by atoms with van der Waals surface area (Å²) < 4.78 is 0. The molecule has 1 spiro atoms. The van der Waals surface area contributed by atoms with Crippen LogP contribution in [0.5, 0.6) is 0 Å². The number of nitrogens with zero attached hydrogens (tertiary/aromatic N) is 1. The molecule has 1 aromatic rings. The van der Waals surface area contributed by atoms with Crippen LogP contribution in [0.1, 0.15) is 44.7 Å². The van der Waals surface area contributed by atoms with Crippen LogP contribution in [0.25, 0.3) is 0 Å². The van der Waals surface area contributed by atoms with Gasteiger partial charge in [0.1, 0.15) is 0 Å². The summed E-state index contributed by atoms with van der Waals surface area (Å²) in [5.41, 5.74) is 1.42. The summed E-state index contributed by atoms with van der Waals surface area (Å²) >= 11 is 1.27. The molecular weight excluding hydrogens is 258 g/mol. The zero-order valence-corrected chi connectivity index (χ0v) is 12.4. The van der Waals surface area contributed by atoms with E-state index < -0.39 is 0 Å². The molecule has 1 saturated carbocycles. The Labute approximate surface area is 118 Å². The zero-order chi connectivity index (χ0) is 13.3. The number of nitrogens with one attached hydrogen (secondary N) is 2. The molecule has 0 amide bonds. The summed E-state index contributed by atoms with van der Waals surface area (Å²) in [5.74, 6) is 0. The van der Waals surface area contributed by atoms with E-state index in [4.69, 9.17) is 0 Å². The van der Waals surface area contributed by atoms with Gasteiger partial charge >= 0.3 is 4.87 Å². The highest BCUT2D eigenvalue weighted by Gasteiger charge is 2.40. The van der Waals surface area contributed by atoms with Crippen molar-refractivity contribution in [3.8, 4) is 0 Å². The van der Waals surface area contributed by atoms with Gasteiger partial charge in [0.15, 0.2) is 0 Å². The lowest BCUT2D eigenvalue weighted by molar-refractivity contribution is 0.0709. The van der Waals surface area contributed by atoms with Gasteiger partial charge in [-0.15, -0.1) is 0 Å². The number of aromatic amines is 1. The molecule has 4 nitrogen and oxygen atoms in total. The van der Waals surface area contributed by atoms with Gasteiger partial charge in [0.25, 0.3) is 0 Å². The van der Waals surface area contributed by atoms with Gasteiger partial charge in [0.05, 0.1) is 0 Å². The van der Waals surface area contributed by atoms with Crippen molar-refractivity contribution < 1.29 is 0 Å². The molecule has 2 fully saturated rings. The van der Waals surface area contributed by atoms with Crippen LogP contribution in [0.3, 0.4) is 0 Å². The van der Waals surface area contributed by atoms with Crippen molar-refractivity contribution in [2.45, 2.75) is 57.2 Å². The average molecular weight is 281 g/mol. The summed E-state index contributed by atoms with van der Waals surface area (Å²) in [6, 6.07) is 0.592. The molecule has 0 aromatic carbocycles. The maximum absolute atomic E-state index is 11.3. The third kappa shape index (κ3) is 2.78. The predicted molar refractivity (Wildman–Crippen MR) is 78.6 cm³/mol. The third-order valence-electron chi connectivity index (χ3n) is 4.71. The minimum Gasteiger partial charge on any atom is -0.315 e. The highest BCUT2D eigenvalue weighted by Crippen LogP contribution is 2.34. The largest absolute Gasteiger partial charge is 0.315 e. The van der Waals surface area contributed by atoms with Gasteiger partial charge in [-0.1, -0.05) is 31.1 Å². The zero-order valence-electron chi connectivity index (χ0n) is 11.6. The number of aromatic nitrogens is 1. The molecule has 106 valence electrons. The monoisotopic (exact) mass is 281 g/mol. The number of H-pyrrole nitrogens is 1.